The number of nitrogens with zero attached hydrogens (tertiary/aromatic N) is 3. The lowest BCUT2D eigenvalue weighted by Crippen LogP contribution is -2.45. The third-order valence-electron chi connectivity index (χ3n) is 3.57. The van der Waals surface area contributed by atoms with Gasteiger partial charge in [-0.3, -0.25) is 4.79 Å². The molecule has 104 valence electrons. The average molecular weight is 299 g/mol. The Labute approximate surface area is 120 Å². The molecule has 0 bridgehead atoms. The summed E-state index contributed by atoms with van der Waals surface area (Å²) in [6.07, 6.45) is 3.43. The van der Waals surface area contributed by atoms with Gasteiger partial charge in [0, 0.05) is 36.3 Å². The van der Waals surface area contributed by atoms with Crippen molar-refractivity contribution in [2.75, 3.05) is 30.3 Å². The number of amides is 1. The van der Waals surface area contributed by atoms with Crippen LogP contribution in [-0.2, 0) is 4.79 Å². The van der Waals surface area contributed by atoms with E-state index >= 15 is 0 Å². The molecule has 0 N–H and O–H groups in total. The number of thioether (sulfide) groups is 2. The molecule has 1 aromatic rings. The van der Waals surface area contributed by atoms with Crippen molar-refractivity contribution < 1.29 is 9.32 Å². The van der Waals surface area contributed by atoms with Crippen molar-refractivity contribution in [2.45, 2.75) is 24.0 Å². The summed E-state index contributed by atoms with van der Waals surface area (Å²) in [5.74, 6) is 4.47. The van der Waals surface area contributed by atoms with Crippen LogP contribution in [0.3, 0.4) is 0 Å². The van der Waals surface area contributed by atoms with E-state index in [9.17, 15) is 4.79 Å². The quantitative estimate of drug-likeness (QED) is 0.827. The van der Waals surface area contributed by atoms with Crippen molar-refractivity contribution in [1.82, 2.24) is 15.0 Å². The smallest absolute Gasteiger partial charge is 0.236 e. The van der Waals surface area contributed by atoms with Crippen LogP contribution in [0.15, 0.2) is 10.9 Å². The first-order chi connectivity index (χ1) is 9.34. The minimum Gasteiger partial charge on any atom is -0.343 e. The number of likely N-dealkylation sites (tertiary alicyclic amines) is 1. The number of hydrogen-bond acceptors (Lipinski definition) is 6. The summed E-state index contributed by atoms with van der Waals surface area (Å²) in [7, 11) is 0. The zero-order valence-electron chi connectivity index (χ0n) is 10.7. The third-order valence-corrected chi connectivity index (χ3v) is 6.31. The summed E-state index contributed by atoms with van der Waals surface area (Å²) in [5.41, 5.74) is 0. The van der Waals surface area contributed by atoms with Crippen LogP contribution in [0.25, 0.3) is 0 Å². The molecule has 2 atom stereocenters. The highest BCUT2D eigenvalue weighted by molar-refractivity contribution is 8.07. The van der Waals surface area contributed by atoms with Gasteiger partial charge in [-0.15, -0.1) is 11.8 Å². The first-order valence-electron chi connectivity index (χ1n) is 6.59. The Kier molecular flexibility index (Phi) is 4.32. The molecule has 0 saturated carbocycles. The Morgan fingerprint density at radius 3 is 3.16 bits per heavy atom. The fourth-order valence-electron chi connectivity index (χ4n) is 2.58. The lowest BCUT2D eigenvalue weighted by molar-refractivity contribution is -0.131. The van der Waals surface area contributed by atoms with E-state index < -0.39 is 0 Å². The van der Waals surface area contributed by atoms with E-state index in [4.69, 9.17) is 4.52 Å². The molecular weight excluding hydrogens is 282 g/mol. The second-order valence-corrected chi connectivity index (χ2v) is 7.31. The minimum atomic E-state index is 0.141. The molecule has 1 amide bonds. The van der Waals surface area contributed by atoms with Crippen LogP contribution in [0.2, 0.25) is 0 Å². The van der Waals surface area contributed by atoms with Gasteiger partial charge in [0.2, 0.25) is 12.3 Å². The van der Waals surface area contributed by atoms with E-state index in [2.05, 4.69) is 10.1 Å². The second-order valence-electron chi connectivity index (χ2n) is 4.85. The van der Waals surface area contributed by atoms with Crippen molar-refractivity contribution in [3.05, 3.63) is 12.2 Å². The van der Waals surface area contributed by atoms with Gasteiger partial charge >= 0.3 is 0 Å². The molecule has 19 heavy (non-hydrogen) atoms. The van der Waals surface area contributed by atoms with Crippen molar-refractivity contribution in [3.8, 4) is 0 Å². The van der Waals surface area contributed by atoms with E-state index in [1.165, 1.54) is 12.1 Å². The van der Waals surface area contributed by atoms with Crippen LogP contribution in [0, 0.1) is 0 Å². The first kappa shape index (κ1) is 13.3. The Hall–Kier alpha value is -0.690. The standard InChI is InChI=1S/C12H17N3O2S2/c16-12(10-7-18-4-5-19-10)15-3-1-2-9(6-15)11-13-8-17-14-11/h8-10H,1-7H2. The van der Waals surface area contributed by atoms with Gasteiger partial charge in [-0.2, -0.15) is 16.7 Å². The van der Waals surface area contributed by atoms with Crippen LogP contribution in [0.4, 0.5) is 0 Å². The van der Waals surface area contributed by atoms with Gasteiger partial charge in [0.15, 0.2) is 5.82 Å². The van der Waals surface area contributed by atoms with Gasteiger partial charge in [-0.1, -0.05) is 5.16 Å². The average Bonchev–Trinajstić information content (AvgIpc) is 3.02. The normalized spacial score (nSPS) is 28.3. The molecule has 3 heterocycles. The molecule has 2 unspecified atom stereocenters. The zero-order chi connectivity index (χ0) is 13.1. The number of aromatic nitrogens is 2. The monoisotopic (exact) mass is 299 g/mol. The fraction of sp³-hybridized carbons (Fsp3) is 0.750. The topological polar surface area (TPSA) is 59.2 Å². The van der Waals surface area contributed by atoms with Gasteiger partial charge in [0.25, 0.3) is 0 Å². The molecule has 7 heteroatoms. The zero-order valence-corrected chi connectivity index (χ0v) is 12.3. The van der Waals surface area contributed by atoms with Gasteiger partial charge in [-0.05, 0) is 12.8 Å². The first-order valence-corrected chi connectivity index (χ1v) is 8.79. The molecule has 1 aromatic heterocycles. The molecule has 2 aliphatic rings. The van der Waals surface area contributed by atoms with E-state index in [1.807, 2.05) is 16.7 Å². The molecule has 2 fully saturated rings. The summed E-state index contributed by atoms with van der Waals surface area (Å²) >= 11 is 3.69. The van der Waals surface area contributed by atoms with Crippen LogP contribution >= 0.6 is 23.5 Å². The van der Waals surface area contributed by atoms with Crippen molar-refractivity contribution >= 4 is 29.4 Å². The maximum Gasteiger partial charge on any atom is 0.236 e. The van der Waals surface area contributed by atoms with Gasteiger partial charge < -0.3 is 9.42 Å². The number of rotatable bonds is 2. The van der Waals surface area contributed by atoms with Crippen molar-refractivity contribution in [2.24, 2.45) is 0 Å². The second kappa shape index (κ2) is 6.17. The van der Waals surface area contributed by atoms with E-state index in [-0.39, 0.29) is 11.2 Å². The Bertz CT molecular complexity index is 421. The Balaban J connectivity index is 1.62. The molecule has 0 radical (unpaired) electrons. The molecule has 3 rings (SSSR count). The van der Waals surface area contributed by atoms with E-state index in [0.29, 0.717) is 5.91 Å². The predicted molar refractivity (Wildman–Crippen MR) is 76.4 cm³/mol. The van der Waals surface area contributed by atoms with Gasteiger partial charge in [-0.25, -0.2) is 0 Å². The van der Waals surface area contributed by atoms with Crippen LogP contribution in [0.5, 0.6) is 0 Å². The SMILES string of the molecule is O=C(C1CSCCS1)N1CCCC(c2ncon2)C1. The number of carbonyl (C=O) groups excluding carboxylic acids is 1. The Morgan fingerprint density at radius 1 is 1.47 bits per heavy atom. The highest BCUT2D eigenvalue weighted by Gasteiger charge is 2.32. The molecule has 0 spiro atoms. The van der Waals surface area contributed by atoms with Gasteiger partial charge in [0.05, 0.1) is 5.25 Å². The highest BCUT2D eigenvalue weighted by Crippen LogP contribution is 2.29. The summed E-state index contributed by atoms with van der Waals surface area (Å²) in [4.78, 5) is 18.6. The van der Waals surface area contributed by atoms with E-state index in [1.54, 1.807) is 11.8 Å². The molecule has 2 saturated heterocycles. The maximum atomic E-state index is 12.5. The number of carbonyl (C=O) groups is 1. The molecule has 2 aliphatic heterocycles. The number of hydrogen-bond donors (Lipinski definition) is 0. The summed E-state index contributed by atoms with van der Waals surface area (Å²) < 4.78 is 4.81. The summed E-state index contributed by atoms with van der Waals surface area (Å²) in [6.45, 7) is 1.61. The van der Waals surface area contributed by atoms with Crippen molar-refractivity contribution in [3.63, 3.8) is 0 Å². The van der Waals surface area contributed by atoms with Gasteiger partial charge in [0.1, 0.15) is 0 Å². The molecule has 0 aromatic carbocycles. The van der Waals surface area contributed by atoms with Crippen LogP contribution in [-0.4, -0.2) is 56.5 Å². The minimum absolute atomic E-state index is 0.141. The number of piperidine rings is 1. The molecular formula is C12H17N3O2S2. The molecule has 0 aliphatic carbocycles. The third kappa shape index (κ3) is 3.08. The summed E-state index contributed by atoms with van der Waals surface area (Å²) in [6, 6.07) is 0. The fourth-order valence-corrected chi connectivity index (χ4v) is 5.21. The van der Waals surface area contributed by atoms with Crippen molar-refractivity contribution in [1.29, 1.82) is 0 Å². The lowest BCUT2D eigenvalue weighted by Gasteiger charge is -2.34. The van der Waals surface area contributed by atoms with Crippen LogP contribution in [0.1, 0.15) is 24.6 Å². The lowest BCUT2D eigenvalue weighted by atomic mass is 9.97. The predicted octanol–water partition coefficient (Wildman–Crippen LogP) is 1.62. The molecule has 5 nitrogen and oxygen atoms in total. The van der Waals surface area contributed by atoms with E-state index in [0.717, 1.165) is 43.3 Å². The Morgan fingerprint density at radius 2 is 2.42 bits per heavy atom. The summed E-state index contributed by atoms with van der Waals surface area (Å²) in [5, 5.41) is 4.05. The largest absolute Gasteiger partial charge is 0.343 e. The maximum absolute atomic E-state index is 12.5. The highest BCUT2D eigenvalue weighted by atomic mass is 32.2. The van der Waals surface area contributed by atoms with Crippen LogP contribution < -0.4 is 0 Å².